The molecule has 0 saturated heterocycles. The smallest absolute Gasteiger partial charge is 0.0708 e. The van der Waals surface area contributed by atoms with E-state index in [9.17, 15) is 0 Å². The number of rotatable bonds is 5. The Kier molecular flexibility index (Phi) is 4.54. The van der Waals surface area contributed by atoms with Crippen molar-refractivity contribution in [2.45, 2.75) is 52.0 Å². The fourth-order valence-corrected chi connectivity index (χ4v) is 3.72. The Morgan fingerprint density at radius 3 is 2.76 bits per heavy atom. The van der Waals surface area contributed by atoms with Crippen LogP contribution in [-0.4, -0.2) is 11.5 Å². The third-order valence-corrected chi connectivity index (χ3v) is 4.70. The summed E-state index contributed by atoms with van der Waals surface area (Å²) in [5.74, 6) is 0.779. The van der Waals surface area contributed by atoms with Gasteiger partial charge in [0, 0.05) is 17.1 Å². The Morgan fingerprint density at radius 1 is 1.24 bits per heavy atom. The predicted octanol–water partition coefficient (Wildman–Crippen LogP) is 4.77. The van der Waals surface area contributed by atoms with Crippen LogP contribution in [0.15, 0.2) is 30.3 Å². The lowest BCUT2D eigenvalue weighted by Gasteiger charge is -2.26. The van der Waals surface area contributed by atoms with Crippen LogP contribution in [-0.2, 0) is 0 Å². The van der Waals surface area contributed by atoms with Crippen molar-refractivity contribution >= 4 is 10.9 Å². The molecule has 3 rings (SSSR count). The van der Waals surface area contributed by atoms with E-state index in [1.807, 2.05) is 0 Å². The minimum atomic E-state index is 0.485. The molecule has 1 fully saturated rings. The molecular weight excluding hydrogens is 256 g/mol. The van der Waals surface area contributed by atoms with Crippen molar-refractivity contribution in [1.82, 2.24) is 10.3 Å². The van der Waals surface area contributed by atoms with Gasteiger partial charge in [-0.15, -0.1) is 0 Å². The quantitative estimate of drug-likeness (QED) is 0.854. The molecule has 0 amide bonds. The first kappa shape index (κ1) is 14.5. The van der Waals surface area contributed by atoms with Crippen LogP contribution in [0, 0.1) is 12.8 Å². The molecule has 0 aliphatic heterocycles. The van der Waals surface area contributed by atoms with Crippen molar-refractivity contribution in [3.05, 3.63) is 41.6 Å². The lowest BCUT2D eigenvalue weighted by Crippen LogP contribution is -2.28. The summed E-state index contributed by atoms with van der Waals surface area (Å²) in [7, 11) is 0. The first-order valence-corrected chi connectivity index (χ1v) is 8.39. The van der Waals surface area contributed by atoms with Gasteiger partial charge in [0.1, 0.15) is 0 Å². The van der Waals surface area contributed by atoms with Crippen LogP contribution < -0.4 is 5.32 Å². The molecule has 2 heteroatoms. The summed E-state index contributed by atoms with van der Waals surface area (Å²) in [5.41, 5.74) is 3.72. The molecule has 1 heterocycles. The summed E-state index contributed by atoms with van der Waals surface area (Å²) in [6.45, 7) is 5.45. The Hall–Kier alpha value is -1.41. The van der Waals surface area contributed by atoms with E-state index in [1.165, 1.54) is 43.1 Å². The molecular formula is C19H26N2. The molecule has 1 aliphatic carbocycles. The SMILES string of the molecule is CCCNC(c1cc(C)nc2ccccc12)C1CCCC1. The molecule has 0 spiro atoms. The van der Waals surface area contributed by atoms with Crippen LogP contribution in [0.5, 0.6) is 0 Å². The Balaban J connectivity index is 2.04. The van der Waals surface area contributed by atoms with E-state index in [4.69, 9.17) is 4.98 Å². The highest BCUT2D eigenvalue weighted by Crippen LogP contribution is 2.38. The Bertz CT molecular complexity index is 600. The average molecular weight is 282 g/mol. The van der Waals surface area contributed by atoms with Gasteiger partial charge in [-0.3, -0.25) is 4.98 Å². The molecule has 1 aromatic carbocycles. The van der Waals surface area contributed by atoms with Gasteiger partial charge in [0.2, 0.25) is 0 Å². The van der Waals surface area contributed by atoms with E-state index >= 15 is 0 Å². The number of hydrogen-bond acceptors (Lipinski definition) is 2. The highest BCUT2D eigenvalue weighted by atomic mass is 14.9. The highest BCUT2D eigenvalue weighted by molar-refractivity contribution is 5.82. The molecule has 0 radical (unpaired) electrons. The van der Waals surface area contributed by atoms with Gasteiger partial charge < -0.3 is 5.32 Å². The second-order valence-corrected chi connectivity index (χ2v) is 6.35. The van der Waals surface area contributed by atoms with Gasteiger partial charge in [-0.25, -0.2) is 0 Å². The second-order valence-electron chi connectivity index (χ2n) is 6.35. The number of aromatic nitrogens is 1. The van der Waals surface area contributed by atoms with Gasteiger partial charge in [0.05, 0.1) is 5.52 Å². The van der Waals surface area contributed by atoms with Crippen LogP contribution in [0.2, 0.25) is 0 Å². The topological polar surface area (TPSA) is 24.9 Å². The van der Waals surface area contributed by atoms with Crippen molar-refractivity contribution in [3.63, 3.8) is 0 Å². The maximum atomic E-state index is 4.70. The first-order chi connectivity index (χ1) is 10.3. The van der Waals surface area contributed by atoms with E-state index in [0.29, 0.717) is 6.04 Å². The standard InChI is InChI=1S/C19H26N2/c1-3-12-20-19(15-8-4-5-9-15)17-13-14(2)21-18-11-7-6-10-16(17)18/h6-7,10-11,13,15,19-20H,3-5,8-9,12H2,1-2H3. The van der Waals surface area contributed by atoms with Gasteiger partial charge in [0.15, 0.2) is 0 Å². The average Bonchev–Trinajstić information content (AvgIpc) is 3.01. The Labute approximate surface area is 128 Å². The molecule has 1 unspecified atom stereocenters. The van der Waals surface area contributed by atoms with Crippen LogP contribution >= 0.6 is 0 Å². The van der Waals surface area contributed by atoms with E-state index in [-0.39, 0.29) is 0 Å². The monoisotopic (exact) mass is 282 g/mol. The van der Waals surface area contributed by atoms with E-state index < -0.39 is 0 Å². The van der Waals surface area contributed by atoms with Crippen molar-refractivity contribution in [2.75, 3.05) is 6.54 Å². The largest absolute Gasteiger partial charge is 0.310 e. The number of hydrogen-bond donors (Lipinski definition) is 1. The Morgan fingerprint density at radius 2 is 2.00 bits per heavy atom. The van der Waals surface area contributed by atoms with Gasteiger partial charge in [-0.05, 0) is 56.3 Å². The predicted molar refractivity (Wildman–Crippen MR) is 89.5 cm³/mol. The van der Waals surface area contributed by atoms with Crippen molar-refractivity contribution < 1.29 is 0 Å². The molecule has 1 aliphatic rings. The third kappa shape index (κ3) is 3.11. The zero-order valence-corrected chi connectivity index (χ0v) is 13.2. The molecule has 112 valence electrons. The van der Waals surface area contributed by atoms with Gasteiger partial charge >= 0.3 is 0 Å². The number of aryl methyl sites for hydroxylation is 1. The molecule has 1 saturated carbocycles. The zero-order chi connectivity index (χ0) is 14.7. The summed E-state index contributed by atoms with van der Waals surface area (Å²) >= 11 is 0. The van der Waals surface area contributed by atoms with Gasteiger partial charge in [-0.2, -0.15) is 0 Å². The lowest BCUT2D eigenvalue weighted by atomic mass is 9.89. The molecule has 1 atom stereocenters. The number of fused-ring (bicyclic) bond motifs is 1. The van der Waals surface area contributed by atoms with Crippen LogP contribution in [0.4, 0.5) is 0 Å². The minimum absolute atomic E-state index is 0.485. The summed E-state index contributed by atoms with van der Waals surface area (Å²) in [4.78, 5) is 4.70. The molecule has 1 N–H and O–H groups in total. The summed E-state index contributed by atoms with van der Waals surface area (Å²) in [6.07, 6.45) is 6.67. The molecule has 1 aromatic heterocycles. The fourth-order valence-electron chi connectivity index (χ4n) is 3.72. The van der Waals surface area contributed by atoms with Crippen LogP contribution in [0.3, 0.4) is 0 Å². The van der Waals surface area contributed by atoms with Gasteiger partial charge in [-0.1, -0.05) is 38.0 Å². The molecule has 2 nitrogen and oxygen atoms in total. The van der Waals surface area contributed by atoms with Crippen LogP contribution in [0.1, 0.15) is 56.3 Å². The first-order valence-electron chi connectivity index (χ1n) is 8.39. The fraction of sp³-hybridized carbons (Fsp3) is 0.526. The molecule has 21 heavy (non-hydrogen) atoms. The van der Waals surface area contributed by atoms with Crippen molar-refractivity contribution in [1.29, 1.82) is 0 Å². The minimum Gasteiger partial charge on any atom is -0.310 e. The van der Waals surface area contributed by atoms with Crippen molar-refractivity contribution in [2.24, 2.45) is 5.92 Å². The van der Waals surface area contributed by atoms with Crippen molar-refractivity contribution in [3.8, 4) is 0 Å². The number of benzene rings is 1. The normalized spacial score (nSPS) is 17.4. The van der Waals surface area contributed by atoms with E-state index in [1.54, 1.807) is 0 Å². The third-order valence-electron chi connectivity index (χ3n) is 4.70. The maximum absolute atomic E-state index is 4.70. The van der Waals surface area contributed by atoms with E-state index in [2.05, 4.69) is 49.5 Å². The molecule has 2 aromatic rings. The molecule has 0 bridgehead atoms. The number of para-hydroxylation sites is 1. The van der Waals surface area contributed by atoms with E-state index in [0.717, 1.165) is 23.7 Å². The summed E-state index contributed by atoms with van der Waals surface area (Å²) in [6, 6.07) is 11.4. The second kappa shape index (κ2) is 6.57. The number of pyridine rings is 1. The highest BCUT2D eigenvalue weighted by Gasteiger charge is 2.27. The number of nitrogens with one attached hydrogen (secondary N) is 1. The lowest BCUT2D eigenvalue weighted by molar-refractivity contribution is 0.370. The van der Waals surface area contributed by atoms with Gasteiger partial charge in [0.25, 0.3) is 0 Å². The summed E-state index contributed by atoms with van der Waals surface area (Å²) < 4.78 is 0. The number of nitrogens with zero attached hydrogens (tertiary/aromatic N) is 1. The zero-order valence-electron chi connectivity index (χ0n) is 13.2. The maximum Gasteiger partial charge on any atom is 0.0708 e. The summed E-state index contributed by atoms with van der Waals surface area (Å²) in [5, 5.41) is 5.14. The van der Waals surface area contributed by atoms with Crippen LogP contribution in [0.25, 0.3) is 10.9 Å².